The summed E-state index contributed by atoms with van der Waals surface area (Å²) < 4.78 is 3.31. The number of rotatable bonds is 7. The zero-order chi connectivity index (χ0) is 20.4. The van der Waals surface area contributed by atoms with Crippen LogP contribution in [-0.2, 0) is 16.6 Å². The molecule has 28 heavy (non-hydrogen) atoms. The number of hydrogen-bond acceptors (Lipinski definition) is 4. The van der Waals surface area contributed by atoms with Crippen molar-refractivity contribution in [3.8, 4) is 5.69 Å². The first kappa shape index (κ1) is 19.7. The van der Waals surface area contributed by atoms with Gasteiger partial charge in [-0.3, -0.25) is 19.1 Å². The average Bonchev–Trinajstić information content (AvgIpc) is 3.45. The third-order valence-electron chi connectivity index (χ3n) is 4.98. The number of carbonyl (C=O) groups excluding carboxylic acids is 2. The minimum atomic E-state index is -0.642. The van der Waals surface area contributed by atoms with E-state index in [1.54, 1.807) is 30.4 Å². The predicted molar refractivity (Wildman–Crippen MR) is 108 cm³/mol. The SMILES string of the molecule is Cc1c(NC(C)C(=O)N(C)CC(=O)NC2CC2)c(=O)n(-c2ccccc2)n1C. The van der Waals surface area contributed by atoms with Gasteiger partial charge in [0.25, 0.3) is 5.56 Å². The van der Waals surface area contributed by atoms with Crippen molar-refractivity contribution in [1.82, 2.24) is 19.6 Å². The van der Waals surface area contributed by atoms with Gasteiger partial charge in [-0.2, -0.15) is 0 Å². The van der Waals surface area contributed by atoms with E-state index in [1.165, 1.54) is 4.90 Å². The van der Waals surface area contributed by atoms with Crippen LogP contribution in [0.5, 0.6) is 0 Å². The number of benzene rings is 1. The summed E-state index contributed by atoms with van der Waals surface area (Å²) in [6.07, 6.45) is 2.00. The maximum atomic E-state index is 12.9. The molecule has 150 valence electrons. The number of aromatic nitrogens is 2. The highest BCUT2D eigenvalue weighted by Gasteiger charge is 2.26. The molecule has 1 aliphatic carbocycles. The smallest absolute Gasteiger partial charge is 0.295 e. The predicted octanol–water partition coefficient (Wildman–Crippen LogP) is 1.02. The van der Waals surface area contributed by atoms with Gasteiger partial charge < -0.3 is 15.5 Å². The molecule has 1 aromatic carbocycles. The van der Waals surface area contributed by atoms with E-state index in [-0.39, 0.29) is 30.0 Å². The van der Waals surface area contributed by atoms with Crippen LogP contribution in [0.4, 0.5) is 5.69 Å². The lowest BCUT2D eigenvalue weighted by Gasteiger charge is -2.22. The minimum absolute atomic E-state index is 0.00335. The van der Waals surface area contributed by atoms with Gasteiger partial charge in [-0.05, 0) is 38.8 Å². The minimum Gasteiger partial charge on any atom is -0.368 e. The van der Waals surface area contributed by atoms with Gasteiger partial charge in [0.2, 0.25) is 11.8 Å². The molecule has 1 unspecified atom stereocenters. The third kappa shape index (κ3) is 4.11. The summed E-state index contributed by atoms with van der Waals surface area (Å²) >= 11 is 0. The van der Waals surface area contributed by atoms with Crippen molar-refractivity contribution < 1.29 is 9.59 Å². The zero-order valence-electron chi connectivity index (χ0n) is 16.7. The fraction of sp³-hybridized carbons (Fsp3) is 0.450. The quantitative estimate of drug-likeness (QED) is 0.745. The number of nitrogens with one attached hydrogen (secondary N) is 2. The number of anilines is 1. The van der Waals surface area contributed by atoms with Crippen molar-refractivity contribution in [3.05, 3.63) is 46.4 Å². The maximum Gasteiger partial charge on any atom is 0.295 e. The number of nitrogens with zero attached hydrogens (tertiary/aromatic N) is 3. The van der Waals surface area contributed by atoms with E-state index >= 15 is 0 Å². The van der Waals surface area contributed by atoms with Crippen LogP contribution < -0.4 is 16.2 Å². The van der Waals surface area contributed by atoms with Gasteiger partial charge in [0.15, 0.2) is 0 Å². The van der Waals surface area contributed by atoms with Crippen molar-refractivity contribution in [3.63, 3.8) is 0 Å². The summed E-state index contributed by atoms with van der Waals surface area (Å²) in [5, 5.41) is 5.90. The molecule has 1 fully saturated rings. The van der Waals surface area contributed by atoms with Crippen molar-refractivity contribution >= 4 is 17.5 Å². The zero-order valence-corrected chi connectivity index (χ0v) is 16.7. The molecule has 8 heteroatoms. The second-order valence-electron chi connectivity index (χ2n) is 7.34. The molecule has 0 spiro atoms. The summed E-state index contributed by atoms with van der Waals surface area (Å²) in [4.78, 5) is 38.9. The number of likely N-dealkylation sites (N-methyl/N-ethyl adjacent to an activating group) is 1. The second-order valence-corrected chi connectivity index (χ2v) is 7.34. The largest absolute Gasteiger partial charge is 0.368 e. The van der Waals surface area contributed by atoms with E-state index in [4.69, 9.17) is 0 Å². The van der Waals surface area contributed by atoms with Crippen molar-refractivity contribution in [2.24, 2.45) is 7.05 Å². The van der Waals surface area contributed by atoms with E-state index in [0.29, 0.717) is 5.69 Å². The highest BCUT2D eigenvalue weighted by Crippen LogP contribution is 2.18. The molecular formula is C20H27N5O3. The fourth-order valence-electron chi connectivity index (χ4n) is 3.14. The monoisotopic (exact) mass is 385 g/mol. The van der Waals surface area contributed by atoms with Gasteiger partial charge in [-0.25, -0.2) is 4.68 Å². The lowest BCUT2D eigenvalue weighted by Crippen LogP contribution is -2.45. The van der Waals surface area contributed by atoms with E-state index in [9.17, 15) is 14.4 Å². The Hall–Kier alpha value is -3.03. The Morgan fingerprint density at radius 3 is 2.50 bits per heavy atom. The number of para-hydroxylation sites is 1. The van der Waals surface area contributed by atoms with E-state index in [1.807, 2.05) is 37.3 Å². The van der Waals surface area contributed by atoms with Gasteiger partial charge in [0.05, 0.1) is 17.9 Å². The Labute approximate surface area is 164 Å². The first-order chi connectivity index (χ1) is 13.3. The summed E-state index contributed by atoms with van der Waals surface area (Å²) in [7, 11) is 3.39. The molecule has 1 saturated carbocycles. The van der Waals surface area contributed by atoms with E-state index in [2.05, 4.69) is 10.6 Å². The Morgan fingerprint density at radius 2 is 1.89 bits per heavy atom. The first-order valence-corrected chi connectivity index (χ1v) is 9.44. The number of carbonyl (C=O) groups is 2. The lowest BCUT2D eigenvalue weighted by molar-refractivity contribution is -0.135. The Balaban J connectivity index is 1.73. The van der Waals surface area contributed by atoms with Crippen LogP contribution in [0.2, 0.25) is 0 Å². The van der Waals surface area contributed by atoms with Crippen molar-refractivity contribution in [2.45, 2.75) is 38.8 Å². The maximum absolute atomic E-state index is 12.9. The molecule has 0 saturated heterocycles. The molecule has 1 aliphatic rings. The fourth-order valence-corrected chi connectivity index (χ4v) is 3.14. The van der Waals surface area contributed by atoms with Crippen LogP contribution in [0.15, 0.2) is 35.1 Å². The molecular weight excluding hydrogens is 358 g/mol. The molecule has 3 rings (SSSR count). The number of amides is 2. The molecule has 2 amide bonds. The highest BCUT2D eigenvalue weighted by molar-refractivity contribution is 5.89. The van der Waals surface area contributed by atoms with E-state index < -0.39 is 6.04 Å². The number of hydrogen-bond donors (Lipinski definition) is 2. The van der Waals surface area contributed by atoms with Crippen LogP contribution in [0.3, 0.4) is 0 Å². The van der Waals surface area contributed by atoms with Crippen molar-refractivity contribution in [1.29, 1.82) is 0 Å². The van der Waals surface area contributed by atoms with Crippen LogP contribution in [-0.4, -0.2) is 51.8 Å². The Bertz CT molecular complexity index is 927. The van der Waals surface area contributed by atoms with Gasteiger partial charge in [0.1, 0.15) is 11.7 Å². The molecule has 1 heterocycles. The molecule has 1 atom stereocenters. The first-order valence-electron chi connectivity index (χ1n) is 9.44. The molecule has 0 aliphatic heterocycles. The average molecular weight is 385 g/mol. The summed E-state index contributed by atoms with van der Waals surface area (Å²) in [6, 6.07) is 8.94. The van der Waals surface area contributed by atoms with E-state index in [0.717, 1.165) is 24.2 Å². The summed E-state index contributed by atoms with van der Waals surface area (Å²) in [5.41, 5.74) is 1.63. The van der Waals surface area contributed by atoms with Crippen LogP contribution >= 0.6 is 0 Å². The van der Waals surface area contributed by atoms with Gasteiger partial charge in [0, 0.05) is 20.1 Å². The standard InChI is InChI=1S/C20H27N5O3/c1-13(19(27)23(3)12-17(26)22-15-10-11-15)21-18-14(2)24(4)25(20(18)28)16-8-6-5-7-9-16/h5-9,13,15,21H,10-12H2,1-4H3,(H,22,26). The summed E-state index contributed by atoms with van der Waals surface area (Å²) in [5.74, 6) is -0.410. The lowest BCUT2D eigenvalue weighted by atomic mass is 10.2. The third-order valence-corrected chi connectivity index (χ3v) is 4.98. The van der Waals surface area contributed by atoms with Gasteiger partial charge in [-0.15, -0.1) is 0 Å². The second kappa shape index (κ2) is 7.92. The highest BCUT2D eigenvalue weighted by atomic mass is 16.2. The molecule has 0 bridgehead atoms. The topological polar surface area (TPSA) is 88.4 Å². The summed E-state index contributed by atoms with van der Waals surface area (Å²) in [6.45, 7) is 3.52. The normalized spacial score (nSPS) is 14.4. The van der Waals surface area contributed by atoms with Crippen LogP contribution in [0.25, 0.3) is 5.69 Å². The Morgan fingerprint density at radius 1 is 1.25 bits per heavy atom. The van der Waals surface area contributed by atoms with Crippen LogP contribution in [0, 0.1) is 6.92 Å². The van der Waals surface area contributed by atoms with Gasteiger partial charge >= 0.3 is 0 Å². The Kier molecular flexibility index (Phi) is 5.58. The molecule has 1 aromatic heterocycles. The molecule has 8 nitrogen and oxygen atoms in total. The van der Waals surface area contributed by atoms with Crippen LogP contribution in [0.1, 0.15) is 25.5 Å². The molecule has 2 N–H and O–H groups in total. The van der Waals surface area contributed by atoms with Gasteiger partial charge in [-0.1, -0.05) is 18.2 Å². The molecule has 0 radical (unpaired) electrons. The van der Waals surface area contributed by atoms with Crippen molar-refractivity contribution in [2.75, 3.05) is 18.9 Å². The molecule has 2 aromatic rings.